The van der Waals surface area contributed by atoms with Gasteiger partial charge in [-0.05, 0) is 56.3 Å². The van der Waals surface area contributed by atoms with Gasteiger partial charge in [0.25, 0.3) is 5.91 Å². The van der Waals surface area contributed by atoms with Crippen LogP contribution in [-0.4, -0.2) is 26.2 Å². The van der Waals surface area contributed by atoms with Crippen molar-refractivity contribution in [2.45, 2.75) is 13.8 Å². The maximum absolute atomic E-state index is 12.8. The monoisotopic (exact) mass is 414 g/mol. The number of benzene rings is 2. The number of esters is 1. The highest BCUT2D eigenvalue weighted by Crippen LogP contribution is 2.23. The fraction of sp³-hybridized carbons (Fsp3) is 0.125. The highest BCUT2D eigenvalue weighted by molar-refractivity contribution is 6.04. The second-order valence-corrected chi connectivity index (χ2v) is 7.23. The predicted molar refractivity (Wildman–Crippen MR) is 118 cm³/mol. The molecule has 0 aliphatic carbocycles. The van der Waals surface area contributed by atoms with Gasteiger partial charge in [0, 0.05) is 36.0 Å². The highest BCUT2D eigenvalue weighted by Gasteiger charge is 2.18. The molecule has 2 aromatic carbocycles. The van der Waals surface area contributed by atoms with Gasteiger partial charge in [-0.2, -0.15) is 5.10 Å². The van der Waals surface area contributed by atoms with Crippen LogP contribution < -0.4 is 10.1 Å². The summed E-state index contributed by atoms with van der Waals surface area (Å²) < 4.78 is 9.14. The first-order valence-electron chi connectivity index (χ1n) is 9.79. The number of nitrogens with one attached hydrogen (secondary N) is 1. The van der Waals surface area contributed by atoms with Crippen LogP contribution >= 0.6 is 0 Å². The molecule has 156 valence electrons. The van der Waals surface area contributed by atoms with Gasteiger partial charge >= 0.3 is 5.97 Å². The normalized spacial score (nSPS) is 10.7. The number of nitrogens with zero attached hydrogens (tertiary/aromatic N) is 3. The minimum absolute atomic E-state index is 0.258. The largest absolute Gasteiger partial charge is 0.423 e. The maximum atomic E-state index is 12.8. The molecule has 0 fully saturated rings. The Bertz CT molecular complexity index is 1240. The van der Waals surface area contributed by atoms with Crippen LogP contribution in [0, 0.1) is 13.8 Å². The molecular formula is C24H22N4O3. The topological polar surface area (TPSA) is 78.2 Å². The molecule has 2 heterocycles. The molecule has 0 aliphatic rings. The molecule has 0 saturated heterocycles. The second-order valence-electron chi connectivity index (χ2n) is 7.23. The van der Waals surface area contributed by atoms with Crippen molar-refractivity contribution < 1.29 is 14.3 Å². The number of amides is 1. The number of rotatable bonds is 5. The van der Waals surface area contributed by atoms with E-state index in [2.05, 4.69) is 10.4 Å². The van der Waals surface area contributed by atoms with Gasteiger partial charge in [-0.3, -0.25) is 9.48 Å². The zero-order valence-corrected chi connectivity index (χ0v) is 17.5. The molecule has 0 radical (unpaired) electrons. The summed E-state index contributed by atoms with van der Waals surface area (Å²) in [7, 11) is 1.75. The van der Waals surface area contributed by atoms with Gasteiger partial charge in [0.05, 0.1) is 17.3 Å². The Morgan fingerprint density at radius 2 is 1.71 bits per heavy atom. The van der Waals surface area contributed by atoms with E-state index in [0.29, 0.717) is 22.6 Å². The van der Waals surface area contributed by atoms with Crippen LogP contribution in [0.15, 0.2) is 73.1 Å². The van der Waals surface area contributed by atoms with E-state index in [9.17, 15) is 9.59 Å². The first kappa shape index (κ1) is 20.2. The van der Waals surface area contributed by atoms with E-state index in [-0.39, 0.29) is 5.91 Å². The first-order chi connectivity index (χ1) is 14.9. The number of hydrogen-bond donors (Lipinski definition) is 1. The Hall–Kier alpha value is -4.13. The molecule has 0 spiro atoms. The molecule has 7 nitrogen and oxygen atoms in total. The van der Waals surface area contributed by atoms with Gasteiger partial charge in [0.2, 0.25) is 0 Å². The number of carbonyl (C=O) groups is 2. The lowest BCUT2D eigenvalue weighted by Gasteiger charge is -2.10. The number of aromatic nitrogens is 3. The number of para-hydroxylation sites is 1. The smallest absolute Gasteiger partial charge is 0.345 e. The fourth-order valence-electron chi connectivity index (χ4n) is 3.45. The molecule has 2 aromatic heterocycles. The van der Waals surface area contributed by atoms with Crippen molar-refractivity contribution in [3.8, 4) is 11.4 Å². The zero-order valence-electron chi connectivity index (χ0n) is 17.5. The quantitative estimate of drug-likeness (QED) is 0.390. The SMILES string of the molecule is Cc1cc(C(=O)Oc2ccc(NC(=O)c3cnn(C)c3)cc2)c(C)n1-c1ccccc1. The molecule has 0 saturated carbocycles. The van der Waals surface area contributed by atoms with Gasteiger partial charge in [-0.1, -0.05) is 18.2 Å². The summed E-state index contributed by atoms with van der Waals surface area (Å²) in [6.45, 7) is 3.85. The lowest BCUT2D eigenvalue weighted by molar-refractivity contribution is 0.0733. The number of hydrogen-bond acceptors (Lipinski definition) is 4. The number of ether oxygens (including phenoxy) is 1. The molecule has 7 heteroatoms. The van der Waals surface area contributed by atoms with Crippen LogP contribution in [0.2, 0.25) is 0 Å². The minimum atomic E-state index is -0.428. The number of aryl methyl sites for hydroxylation is 2. The van der Waals surface area contributed by atoms with Crippen LogP contribution in [0.5, 0.6) is 5.75 Å². The van der Waals surface area contributed by atoms with E-state index >= 15 is 0 Å². The molecule has 4 aromatic rings. The molecule has 0 aliphatic heterocycles. The molecule has 1 N–H and O–H groups in total. The molecule has 1 amide bonds. The zero-order chi connectivity index (χ0) is 22.0. The molecule has 0 bridgehead atoms. The average Bonchev–Trinajstić information content (AvgIpc) is 3.33. The molecule has 0 unspecified atom stereocenters. The highest BCUT2D eigenvalue weighted by atomic mass is 16.5. The van der Waals surface area contributed by atoms with Crippen LogP contribution in [0.25, 0.3) is 5.69 Å². The van der Waals surface area contributed by atoms with Crippen LogP contribution in [0.1, 0.15) is 32.1 Å². The lowest BCUT2D eigenvalue weighted by atomic mass is 10.2. The number of anilines is 1. The first-order valence-corrected chi connectivity index (χ1v) is 9.79. The van der Waals surface area contributed by atoms with Gasteiger partial charge in [-0.25, -0.2) is 4.79 Å². The van der Waals surface area contributed by atoms with Gasteiger partial charge in [0.15, 0.2) is 0 Å². The summed E-state index contributed by atoms with van der Waals surface area (Å²) in [5.41, 5.74) is 4.32. The summed E-state index contributed by atoms with van der Waals surface area (Å²) in [4.78, 5) is 25.0. The maximum Gasteiger partial charge on any atom is 0.345 e. The Balaban J connectivity index is 1.46. The Morgan fingerprint density at radius 1 is 1.00 bits per heavy atom. The van der Waals surface area contributed by atoms with Crippen LogP contribution in [0.3, 0.4) is 0 Å². The molecule has 0 atom stereocenters. The van der Waals surface area contributed by atoms with Gasteiger partial charge in [0.1, 0.15) is 5.75 Å². The standard InChI is InChI=1S/C24H22N4O3/c1-16-13-22(17(2)28(16)20-7-5-4-6-8-20)24(30)31-21-11-9-19(10-12-21)26-23(29)18-14-25-27(3)15-18/h4-15H,1-3H3,(H,26,29). The summed E-state index contributed by atoms with van der Waals surface area (Å²) in [5, 5.41) is 6.77. The Labute approximate surface area is 179 Å². The van der Waals surface area contributed by atoms with Gasteiger partial charge in [-0.15, -0.1) is 0 Å². The van der Waals surface area contributed by atoms with Crippen molar-refractivity contribution >= 4 is 17.6 Å². The summed E-state index contributed by atoms with van der Waals surface area (Å²) >= 11 is 0. The van der Waals surface area contributed by atoms with E-state index in [0.717, 1.165) is 17.1 Å². The van der Waals surface area contributed by atoms with E-state index in [1.165, 1.54) is 6.20 Å². The van der Waals surface area contributed by atoms with Crippen molar-refractivity contribution in [1.82, 2.24) is 14.3 Å². The second kappa shape index (κ2) is 8.31. The van der Waals surface area contributed by atoms with Gasteiger partial charge < -0.3 is 14.6 Å². The lowest BCUT2D eigenvalue weighted by Crippen LogP contribution is -2.12. The molecule has 31 heavy (non-hydrogen) atoms. The summed E-state index contributed by atoms with van der Waals surface area (Å²) in [5.74, 6) is -0.289. The van der Waals surface area contributed by atoms with Crippen molar-refractivity contribution in [1.29, 1.82) is 0 Å². The Morgan fingerprint density at radius 3 is 2.35 bits per heavy atom. The fourth-order valence-corrected chi connectivity index (χ4v) is 3.45. The molecular weight excluding hydrogens is 392 g/mol. The van der Waals surface area contributed by atoms with E-state index in [1.807, 2.05) is 54.8 Å². The molecule has 4 rings (SSSR count). The predicted octanol–water partition coefficient (Wildman–Crippen LogP) is 4.30. The van der Waals surface area contributed by atoms with E-state index in [1.54, 1.807) is 42.2 Å². The van der Waals surface area contributed by atoms with Crippen LogP contribution in [0.4, 0.5) is 5.69 Å². The summed E-state index contributed by atoms with van der Waals surface area (Å²) in [6, 6.07) is 18.3. The third-order valence-electron chi connectivity index (χ3n) is 4.96. The van der Waals surface area contributed by atoms with Crippen molar-refractivity contribution in [3.05, 3.63) is 95.6 Å². The minimum Gasteiger partial charge on any atom is -0.423 e. The van der Waals surface area contributed by atoms with Crippen molar-refractivity contribution in [2.75, 3.05) is 5.32 Å². The number of carbonyl (C=O) groups excluding carboxylic acids is 2. The van der Waals surface area contributed by atoms with Crippen molar-refractivity contribution in [3.63, 3.8) is 0 Å². The Kier molecular flexibility index (Phi) is 5.41. The third-order valence-corrected chi connectivity index (χ3v) is 4.96. The van der Waals surface area contributed by atoms with E-state index in [4.69, 9.17) is 4.74 Å². The van der Waals surface area contributed by atoms with Crippen LogP contribution in [-0.2, 0) is 7.05 Å². The third kappa shape index (κ3) is 4.25. The summed E-state index contributed by atoms with van der Waals surface area (Å²) in [6.07, 6.45) is 3.13. The van der Waals surface area contributed by atoms with E-state index < -0.39 is 5.97 Å². The average molecular weight is 414 g/mol. The van der Waals surface area contributed by atoms with Crippen molar-refractivity contribution in [2.24, 2.45) is 7.05 Å².